The molecule has 0 amide bonds. The van der Waals surface area contributed by atoms with Gasteiger partial charge in [-0.1, -0.05) is 141 Å². The Morgan fingerprint density at radius 3 is 1.51 bits per heavy atom. The SMILES string of the molecule is CCCCCCCCCCCCCCCC[n+]1ccn(-c2ccccc2)c1CCCCCCCC. The van der Waals surface area contributed by atoms with Crippen LogP contribution in [0.15, 0.2) is 42.7 Å². The molecule has 0 N–H and O–H groups in total. The molecule has 0 saturated carbocycles. The highest BCUT2D eigenvalue weighted by Gasteiger charge is 2.18. The number of hydrogen-bond acceptors (Lipinski definition) is 0. The standard InChI is InChI=1S/C33H57N2/c1-3-5-7-9-11-12-13-14-15-16-17-18-20-25-29-34-30-31-35(32-26-22-21-23-27-32)33(34)28-24-19-10-8-6-4-2/h21-23,26-27,30-31H,3-20,24-25,28-29H2,1-2H3/q+1. The molecule has 0 radical (unpaired) electrons. The smallest absolute Gasteiger partial charge is 0.234 e. The van der Waals surface area contributed by atoms with Gasteiger partial charge in [0, 0.05) is 6.42 Å². The number of benzene rings is 1. The Morgan fingerprint density at radius 2 is 1.00 bits per heavy atom. The maximum atomic E-state index is 2.54. The fraction of sp³-hybridized carbons (Fsp3) is 0.727. The molecule has 0 aliphatic rings. The lowest BCUT2D eigenvalue weighted by atomic mass is 10.0. The molecule has 0 aliphatic heterocycles. The van der Waals surface area contributed by atoms with Crippen LogP contribution in [0.4, 0.5) is 0 Å². The average molecular weight is 482 g/mol. The number of para-hydroxylation sites is 1. The first-order valence-corrected chi connectivity index (χ1v) is 15.5. The second kappa shape index (κ2) is 20.6. The normalized spacial score (nSPS) is 11.4. The molecule has 1 heterocycles. The molecule has 0 spiro atoms. The first-order chi connectivity index (χ1) is 17.4. The van der Waals surface area contributed by atoms with Gasteiger partial charge in [-0.25, -0.2) is 4.57 Å². The van der Waals surface area contributed by atoms with Crippen molar-refractivity contribution in [3.05, 3.63) is 48.5 Å². The van der Waals surface area contributed by atoms with Gasteiger partial charge in [0.25, 0.3) is 5.82 Å². The predicted octanol–water partition coefficient (Wildman–Crippen LogP) is 10.1. The summed E-state index contributed by atoms with van der Waals surface area (Å²) >= 11 is 0. The van der Waals surface area contributed by atoms with E-state index < -0.39 is 0 Å². The molecular weight excluding hydrogens is 424 g/mol. The highest BCUT2D eigenvalue weighted by atomic mass is 15.1. The molecule has 0 atom stereocenters. The van der Waals surface area contributed by atoms with Crippen LogP contribution in [0.5, 0.6) is 0 Å². The number of rotatable bonds is 23. The molecule has 2 rings (SSSR count). The van der Waals surface area contributed by atoms with Crippen LogP contribution < -0.4 is 4.57 Å². The second-order valence-corrected chi connectivity index (χ2v) is 10.7. The average Bonchev–Trinajstić information content (AvgIpc) is 3.29. The lowest BCUT2D eigenvalue weighted by molar-refractivity contribution is -0.704. The van der Waals surface area contributed by atoms with E-state index in [2.05, 4.69) is 65.7 Å². The number of aromatic nitrogens is 2. The third-order valence-electron chi connectivity index (χ3n) is 7.55. The maximum absolute atomic E-state index is 2.54. The van der Waals surface area contributed by atoms with Crippen LogP contribution in [-0.2, 0) is 13.0 Å². The zero-order chi connectivity index (χ0) is 24.8. The zero-order valence-electron chi connectivity index (χ0n) is 23.5. The number of hydrogen-bond donors (Lipinski definition) is 0. The van der Waals surface area contributed by atoms with Gasteiger partial charge in [0.2, 0.25) is 0 Å². The summed E-state index contributed by atoms with van der Waals surface area (Å²) in [5.74, 6) is 1.49. The molecule has 1 aromatic carbocycles. The van der Waals surface area contributed by atoms with Crippen LogP contribution in [0.1, 0.15) is 148 Å². The zero-order valence-corrected chi connectivity index (χ0v) is 23.5. The predicted molar refractivity (Wildman–Crippen MR) is 153 cm³/mol. The van der Waals surface area contributed by atoms with Crippen molar-refractivity contribution >= 4 is 0 Å². The minimum atomic E-state index is 1.17. The van der Waals surface area contributed by atoms with Crippen molar-refractivity contribution in [1.82, 2.24) is 4.57 Å². The quantitative estimate of drug-likeness (QED) is 0.110. The van der Waals surface area contributed by atoms with E-state index in [1.54, 1.807) is 0 Å². The first-order valence-electron chi connectivity index (χ1n) is 15.5. The van der Waals surface area contributed by atoms with E-state index in [-0.39, 0.29) is 0 Å². The number of imidazole rings is 1. The fourth-order valence-electron chi connectivity index (χ4n) is 5.29. The van der Waals surface area contributed by atoms with Gasteiger partial charge in [-0.3, -0.25) is 0 Å². The largest absolute Gasteiger partial charge is 0.261 e. The first kappa shape index (κ1) is 29.7. The van der Waals surface area contributed by atoms with E-state index >= 15 is 0 Å². The van der Waals surface area contributed by atoms with E-state index in [4.69, 9.17) is 0 Å². The Labute approximate surface area is 218 Å². The Hall–Kier alpha value is -1.57. The molecule has 1 aromatic heterocycles. The van der Waals surface area contributed by atoms with Crippen molar-refractivity contribution in [2.75, 3.05) is 0 Å². The van der Waals surface area contributed by atoms with Crippen molar-refractivity contribution in [3.8, 4) is 5.69 Å². The van der Waals surface area contributed by atoms with Crippen LogP contribution in [0.3, 0.4) is 0 Å². The molecular formula is C33H57N2+. The molecule has 2 nitrogen and oxygen atoms in total. The number of aryl methyl sites for hydroxylation is 1. The minimum absolute atomic E-state index is 1.17. The molecule has 198 valence electrons. The van der Waals surface area contributed by atoms with Crippen LogP contribution in [0.2, 0.25) is 0 Å². The lowest BCUT2D eigenvalue weighted by Gasteiger charge is -2.06. The molecule has 2 aromatic rings. The molecule has 2 heteroatoms. The lowest BCUT2D eigenvalue weighted by Crippen LogP contribution is -2.37. The van der Waals surface area contributed by atoms with Crippen molar-refractivity contribution < 1.29 is 4.57 Å². The summed E-state index contributed by atoms with van der Waals surface area (Å²) in [4.78, 5) is 0. The fourth-order valence-corrected chi connectivity index (χ4v) is 5.29. The molecule has 0 fully saturated rings. The molecule has 0 unspecified atom stereocenters. The third-order valence-corrected chi connectivity index (χ3v) is 7.55. The Bertz CT molecular complexity index is 718. The van der Waals surface area contributed by atoms with Gasteiger partial charge in [0.05, 0.1) is 6.54 Å². The van der Waals surface area contributed by atoms with E-state index in [1.165, 1.54) is 153 Å². The molecule has 35 heavy (non-hydrogen) atoms. The van der Waals surface area contributed by atoms with Gasteiger partial charge in [-0.05, 0) is 31.4 Å². The topological polar surface area (TPSA) is 8.81 Å². The van der Waals surface area contributed by atoms with Crippen molar-refractivity contribution in [3.63, 3.8) is 0 Å². The Morgan fingerprint density at radius 1 is 0.543 bits per heavy atom. The maximum Gasteiger partial charge on any atom is 0.261 e. The molecule has 0 saturated heterocycles. The monoisotopic (exact) mass is 481 g/mol. The summed E-state index contributed by atoms with van der Waals surface area (Å²) in [6.45, 7) is 5.77. The van der Waals surface area contributed by atoms with Crippen LogP contribution in [0, 0.1) is 0 Å². The van der Waals surface area contributed by atoms with Crippen LogP contribution in [-0.4, -0.2) is 4.57 Å². The van der Waals surface area contributed by atoms with E-state index in [0.717, 1.165) is 0 Å². The summed E-state index contributed by atoms with van der Waals surface area (Å²) in [7, 11) is 0. The van der Waals surface area contributed by atoms with Gasteiger partial charge in [-0.2, -0.15) is 4.57 Å². The summed E-state index contributed by atoms with van der Waals surface area (Å²) in [5.41, 5.74) is 1.30. The van der Waals surface area contributed by atoms with Gasteiger partial charge < -0.3 is 0 Å². The second-order valence-electron chi connectivity index (χ2n) is 10.7. The van der Waals surface area contributed by atoms with Gasteiger partial charge in [-0.15, -0.1) is 0 Å². The number of nitrogens with zero attached hydrogens (tertiary/aromatic N) is 2. The summed E-state index contributed by atoms with van der Waals surface area (Å²) in [5, 5.41) is 0. The Kier molecular flexibility index (Phi) is 17.5. The molecule has 0 bridgehead atoms. The van der Waals surface area contributed by atoms with Crippen molar-refractivity contribution in [1.29, 1.82) is 0 Å². The van der Waals surface area contributed by atoms with E-state index in [9.17, 15) is 0 Å². The van der Waals surface area contributed by atoms with Gasteiger partial charge in [0.15, 0.2) is 0 Å². The Balaban J connectivity index is 1.63. The summed E-state index contributed by atoms with van der Waals surface area (Å²) in [6, 6.07) is 10.9. The highest BCUT2D eigenvalue weighted by Crippen LogP contribution is 2.15. The van der Waals surface area contributed by atoms with E-state index in [0.29, 0.717) is 0 Å². The summed E-state index contributed by atoms with van der Waals surface area (Å²) < 4.78 is 4.97. The minimum Gasteiger partial charge on any atom is -0.234 e. The highest BCUT2D eigenvalue weighted by molar-refractivity contribution is 5.31. The molecule has 0 aliphatic carbocycles. The van der Waals surface area contributed by atoms with Crippen LogP contribution >= 0.6 is 0 Å². The number of unbranched alkanes of at least 4 members (excludes halogenated alkanes) is 18. The van der Waals surface area contributed by atoms with Crippen LogP contribution in [0.25, 0.3) is 5.69 Å². The van der Waals surface area contributed by atoms with Gasteiger partial charge in [0.1, 0.15) is 18.1 Å². The van der Waals surface area contributed by atoms with Crippen molar-refractivity contribution in [2.24, 2.45) is 0 Å². The van der Waals surface area contributed by atoms with E-state index in [1.807, 2.05) is 0 Å². The van der Waals surface area contributed by atoms with Crippen molar-refractivity contribution in [2.45, 2.75) is 155 Å². The summed E-state index contributed by atoms with van der Waals surface area (Å²) in [6.07, 6.45) is 33.9. The van der Waals surface area contributed by atoms with Gasteiger partial charge >= 0.3 is 0 Å². The third kappa shape index (κ3) is 13.3.